The molecule has 0 saturated carbocycles. The third-order valence-corrected chi connectivity index (χ3v) is 4.55. The van der Waals surface area contributed by atoms with Gasteiger partial charge in [0, 0.05) is 23.8 Å². The molecule has 1 aromatic carbocycles. The molecule has 1 aromatic heterocycles. The first kappa shape index (κ1) is 17.1. The average Bonchev–Trinajstić information content (AvgIpc) is 2.58. The Bertz CT molecular complexity index is 962. The highest BCUT2D eigenvalue weighted by molar-refractivity contribution is 6.30. The molecule has 2 heterocycles. The largest absolute Gasteiger partial charge is 0.465 e. The maximum absolute atomic E-state index is 12.9. The molecule has 0 radical (unpaired) electrons. The Morgan fingerprint density at radius 2 is 2.08 bits per heavy atom. The van der Waals surface area contributed by atoms with Gasteiger partial charge in [-0.15, -0.1) is 0 Å². The molecule has 1 atom stereocenters. The van der Waals surface area contributed by atoms with Crippen molar-refractivity contribution in [3.05, 3.63) is 74.0 Å². The van der Waals surface area contributed by atoms with Crippen molar-refractivity contribution in [2.75, 3.05) is 7.11 Å². The zero-order chi connectivity index (χ0) is 18.3. The van der Waals surface area contributed by atoms with E-state index in [0.29, 0.717) is 27.6 Å². The van der Waals surface area contributed by atoms with Crippen LogP contribution in [0.1, 0.15) is 22.7 Å². The van der Waals surface area contributed by atoms with Crippen LogP contribution in [0.25, 0.3) is 0 Å². The first-order valence-electron chi connectivity index (χ1n) is 7.57. The summed E-state index contributed by atoms with van der Waals surface area (Å²) in [5.41, 5.74) is 7.49. The van der Waals surface area contributed by atoms with Crippen LogP contribution in [0.2, 0.25) is 5.02 Å². The van der Waals surface area contributed by atoms with E-state index in [0.717, 1.165) is 0 Å². The highest BCUT2D eigenvalue weighted by Crippen LogP contribution is 2.41. The van der Waals surface area contributed by atoms with Crippen molar-refractivity contribution in [3.8, 4) is 5.75 Å². The van der Waals surface area contributed by atoms with Gasteiger partial charge in [0.15, 0.2) is 0 Å². The van der Waals surface area contributed by atoms with Gasteiger partial charge < -0.3 is 19.8 Å². The van der Waals surface area contributed by atoms with Gasteiger partial charge in [0.1, 0.15) is 11.3 Å². The number of aryl methyl sites for hydroxylation is 1. The summed E-state index contributed by atoms with van der Waals surface area (Å²) in [4.78, 5) is 25.2. The normalized spacial score (nSPS) is 16.2. The summed E-state index contributed by atoms with van der Waals surface area (Å²) >= 11 is 6.11. The number of ether oxygens (including phenoxy) is 2. The Balaban J connectivity index is 2.36. The van der Waals surface area contributed by atoms with Crippen molar-refractivity contribution in [1.82, 2.24) is 4.57 Å². The number of nitrogens with two attached hydrogens (primary N) is 1. The van der Waals surface area contributed by atoms with Gasteiger partial charge in [0.2, 0.25) is 5.88 Å². The third-order valence-electron chi connectivity index (χ3n) is 4.32. The van der Waals surface area contributed by atoms with E-state index >= 15 is 0 Å². The second-order valence-corrected chi connectivity index (χ2v) is 6.22. The number of nitrogens with zero attached hydrogens (tertiary/aromatic N) is 1. The predicted octanol–water partition coefficient (Wildman–Crippen LogP) is 2.21. The number of esters is 1. The molecule has 3 rings (SSSR count). The third kappa shape index (κ3) is 2.78. The predicted molar refractivity (Wildman–Crippen MR) is 93.6 cm³/mol. The van der Waals surface area contributed by atoms with Crippen molar-refractivity contribution in [3.63, 3.8) is 0 Å². The van der Waals surface area contributed by atoms with E-state index in [1.165, 1.54) is 11.7 Å². The van der Waals surface area contributed by atoms with E-state index in [4.69, 9.17) is 26.8 Å². The van der Waals surface area contributed by atoms with Crippen molar-refractivity contribution in [1.29, 1.82) is 0 Å². The fourth-order valence-electron chi connectivity index (χ4n) is 2.97. The number of pyridine rings is 1. The number of hydrogen-bond acceptors (Lipinski definition) is 5. The first-order chi connectivity index (χ1) is 11.8. The van der Waals surface area contributed by atoms with E-state index in [2.05, 4.69) is 0 Å². The molecule has 0 unspecified atom stereocenters. The van der Waals surface area contributed by atoms with E-state index in [1.54, 1.807) is 44.3 Å². The van der Waals surface area contributed by atoms with Crippen LogP contribution in [-0.2, 0) is 16.6 Å². The molecule has 1 aliphatic heterocycles. The first-order valence-corrected chi connectivity index (χ1v) is 7.94. The van der Waals surface area contributed by atoms with Crippen LogP contribution >= 0.6 is 11.6 Å². The number of carbonyl (C=O) groups excluding carboxylic acids is 1. The highest BCUT2D eigenvalue weighted by Gasteiger charge is 2.38. The molecule has 0 amide bonds. The number of carbonyl (C=O) groups is 1. The van der Waals surface area contributed by atoms with Gasteiger partial charge in [-0.1, -0.05) is 23.7 Å². The minimum absolute atomic E-state index is 0.0817. The molecule has 1 aliphatic rings. The molecule has 0 spiro atoms. The molecular weight excluding hydrogens is 344 g/mol. The van der Waals surface area contributed by atoms with Crippen molar-refractivity contribution in [2.24, 2.45) is 12.8 Å². The van der Waals surface area contributed by atoms with Crippen LogP contribution in [0.5, 0.6) is 5.75 Å². The molecule has 6 nitrogen and oxygen atoms in total. The fourth-order valence-corrected chi connectivity index (χ4v) is 3.17. The van der Waals surface area contributed by atoms with Crippen LogP contribution in [0.3, 0.4) is 0 Å². The van der Waals surface area contributed by atoms with Crippen LogP contribution in [0.4, 0.5) is 0 Å². The standard InChI is InChI=1S/C18H17ClN2O4/c1-9-7-12-14(17(22)21(9)2)13(10-5-4-6-11(19)8-10)15(16(20)25-12)18(23)24-3/h4-8,13H,20H2,1-3H3/t13-/m1/s1. The summed E-state index contributed by atoms with van der Waals surface area (Å²) in [5, 5.41) is 0.484. The van der Waals surface area contributed by atoms with E-state index in [9.17, 15) is 9.59 Å². The number of halogens is 1. The minimum atomic E-state index is -0.728. The molecule has 130 valence electrons. The number of methoxy groups -OCH3 is 1. The zero-order valence-corrected chi connectivity index (χ0v) is 14.8. The Labute approximate surface area is 149 Å². The average molecular weight is 361 g/mol. The maximum Gasteiger partial charge on any atom is 0.340 e. The van der Waals surface area contributed by atoms with Crippen molar-refractivity contribution < 1.29 is 14.3 Å². The van der Waals surface area contributed by atoms with Gasteiger partial charge in [-0.25, -0.2) is 4.79 Å². The zero-order valence-electron chi connectivity index (χ0n) is 14.0. The summed E-state index contributed by atoms with van der Waals surface area (Å²) in [5.74, 6) is -1.14. The molecular formula is C18H17ClN2O4. The molecule has 0 bridgehead atoms. The highest BCUT2D eigenvalue weighted by atomic mass is 35.5. The number of rotatable bonds is 2. The number of aromatic nitrogens is 1. The molecule has 0 fully saturated rings. The Hall–Kier alpha value is -2.73. The molecule has 25 heavy (non-hydrogen) atoms. The van der Waals surface area contributed by atoms with Gasteiger partial charge in [0.25, 0.3) is 5.56 Å². The Kier molecular flexibility index (Phi) is 4.30. The van der Waals surface area contributed by atoms with Gasteiger partial charge in [-0.3, -0.25) is 4.79 Å². The van der Waals surface area contributed by atoms with Crippen LogP contribution in [0.15, 0.2) is 46.6 Å². The lowest BCUT2D eigenvalue weighted by Gasteiger charge is -2.28. The van der Waals surface area contributed by atoms with Gasteiger partial charge >= 0.3 is 5.97 Å². The van der Waals surface area contributed by atoms with E-state index in [-0.39, 0.29) is 17.0 Å². The van der Waals surface area contributed by atoms with Crippen LogP contribution in [0, 0.1) is 6.92 Å². The monoisotopic (exact) mass is 360 g/mol. The second kappa shape index (κ2) is 6.29. The summed E-state index contributed by atoms with van der Waals surface area (Å²) in [6.07, 6.45) is 0. The summed E-state index contributed by atoms with van der Waals surface area (Å²) < 4.78 is 11.9. The lowest BCUT2D eigenvalue weighted by molar-refractivity contribution is -0.136. The van der Waals surface area contributed by atoms with Gasteiger partial charge in [-0.05, 0) is 24.6 Å². The number of fused-ring (bicyclic) bond motifs is 1. The van der Waals surface area contributed by atoms with E-state index in [1.807, 2.05) is 0 Å². The number of benzene rings is 1. The fraction of sp³-hybridized carbons (Fsp3) is 0.222. The van der Waals surface area contributed by atoms with E-state index < -0.39 is 11.9 Å². The van der Waals surface area contributed by atoms with Crippen LogP contribution in [-0.4, -0.2) is 17.6 Å². The molecule has 0 aliphatic carbocycles. The Morgan fingerprint density at radius 3 is 2.72 bits per heavy atom. The SMILES string of the molecule is COC(=O)C1=C(N)Oc2cc(C)n(C)c(=O)c2[C@H]1c1cccc(Cl)c1. The topological polar surface area (TPSA) is 83.5 Å². The molecule has 2 aromatic rings. The van der Waals surface area contributed by atoms with Crippen molar-refractivity contribution in [2.45, 2.75) is 12.8 Å². The maximum atomic E-state index is 12.9. The lowest BCUT2D eigenvalue weighted by Crippen LogP contribution is -2.34. The van der Waals surface area contributed by atoms with Crippen LogP contribution < -0.4 is 16.0 Å². The molecule has 2 N–H and O–H groups in total. The minimum Gasteiger partial charge on any atom is -0.465 e. The summed E-state index contributed by atoms with van der Waals surface area (Å²) in [6, 6.07) is 8.65. The van der Waals surface area contributed by atoms with Gasteiger partial charge in [-0.2, -0.15) is 0 Å². The quantitative estimate of drug-likeness (QED) is 0.830. The Morgan fingerprint density at radius 1 is 1.36 bits per heavy atom. The molecule has 0 saturated heterocycles. The number of hydrogen-bond donors (Lipinski definition) is 1. The smallest absolute Gasteiger partial charge is 0.340 e. The van der Waals surface area contributed by atoms with Gasteiger partial charge in [0.05, 0.1) is 18.6 Å². The summed E-state index contributed by atoms with van der Waals surface area (Å²) in [7, 11) is 2.91. The van der Waals surface area contributed by atoms with Crippen molar-refractivity contribution >= 4 is 17.6 Å². The lowest BCUT2D eigenvalue weighted by atomic mass is 9.83. The summed E-state index contributed by atoms with van der Waals surface area (Å²) in [6.45, 7) is 1.79. The second-order valence-electron chi connectivity index (χ2n) is 5.79. The molecule has 7 heteroatoms.